The van der Waals surface area contributed by atoms with Crippen LogP contribution in [0.15, 0.2) is 24.3 Å². The number of nitrogens with one attached hydrogen (secondary N) is 1. The summed E-state index contributed by atoms with van der Waals surface area (Å²) in [7, 11) is 0. The van der Waals surface area contributed by atoms with E-state index in [4.69, 9.17) is 4.74 Å². The van der Waals surface area contributed by atoms with Crippen LogP contribution >= 0.6 is 0 Å². The molecule has 0 spiro atoms. The number of Topliss-reactive ketones (excluding diaryl/α,β-unsaturated/α-hetero) is 1. The number of hydrogen-bond acceptors (Lipinski definition) is 3. The van der Waals surface area contributed by atoms with E-state index >= 15 is 0 Å². The minimum absolute atomic E-state index is 0.0618. The Kier molecular flexibility index (Phi) is 6.57. The molecule has 0 heterocycles. The first kappa shape index (κ1) is 15.7. The summed E-state index contributed by atoms with van der Waals surface area (Å²) in [5.74, 6) is 1.21. The molecule has 0 fully saturated rings. The van der Waals surface area contributed by atoms with Crippen molar-refractivity contribution in [2.24, 2.45) is 5.92 Å². The third-order valence-corrected chi connectivity index (χ3v) is 3.04. The molecule has 106 valence electrons. The van der Waals surface area contributed by atoms with Crippen LogP contribution in [0.25, 0.3) is 0 Å². The number of ether oxygens (including phenoxy) is 1. The highest BCUT2D eigenvalue weighted by molar-refractivity contribution is 5.86. The van der Waals surface area contributed by atoms with Crippen LogP contribution in [0.1, 0.15) is 33.3 Å². The first-order valence-corrected chi connectivity index (χ1v) is 7.07. The maximum atomic E-state index is 12.1. The quantitative estimate of drug-likeness (QED) is 0.784. The van der Waals surface area contributed by atoms with Gasteiger partial charge in [-0.1, -0.05) is 32.9 Å². The van der Waals surface area contributed by atoms with Crippen LogP contribution in [-0.2, 0) is 11.2 Å². The molecular weight excluding hydrogens is 238 g/mol. The molecule has 1 N–H and O–H groups in total. The van der Waals surface area contributed by atoms with E-state index in [2.05, 4.69) is 5.32 Å². The summed E-state index contributed by atoms with van der Waals surface area (Å²) >= 11 is 0. The van der Waals surface area contributed by atoms with Gasteiger partial charge < -0.3 is 10.1 Å². The number of likely N-dealkylation sites (N-methyl/N-ethyl adjacent to an activating group) is 1. The van der Waals surface area contributed by atoms with Crippen LogP contribution in [0.2, 0.25) is 0 Å². The van der Waals surface area contributed by atoms with E-state index in [9.17, 15) is 4.79 Å². The van der Waals surface area contributed by atoms with E-state index in [-0.39, 0.29) is 17.7 Å². The van der Waals surface area contributed by atoms with Crippen molar-refractivity contribution in [3.8, 4) is 5.75 Å². The second kappa shape index (κ2) is 7.95. The lowest BCUT2D eigenvalue weighted by molar-refractivity contribution is -0.123. The highest BCUT2D eigenvalue weighted by Gasteiger charge is 2.20. The predicted octanol–water partition coefficient (Wildman–Crippen LogP) is 2.83. The predicted molar refractivity (Wildman–Crippen MR) is 78.6 cm³/mol. The third kappa shape index (κ3) is 5.03. The molecule has 19 heavy (non-hydrogen) atoms. The second-order valence-corrected chi connectivity index (χ2v) is 4.95. The molecule has 0 aliphatic heterocycles. The van der Waals surface area contributed by atoms with Crippen molar-refractivity contribution in [1.82, 2.24) is 5.32 Å². The molecule has 3 heteroatoms. The highest BCUT2D eigenvalue weighted by Crippen LogP contribution is 2.14. The Morgan fingerprint density at radius 3 is 2.32 bits per heavy atom. The Balaban J connectivity index is 2.70. The van der Waals surface area contributed by atoms with Gasteiger partial charge in [-0.2, -0.15) is 0 Å². The molecule has 1 unspecified atom stereocenters. The average Bonchev–Trinajstić information content (AvgIpc) is 2.39. The van der Waals surface area contributed by atoms with Gasteiger partial charge in [-0.05, 0) is 37.6 Å². The van der Waals surface area contributed by atoms with Crippen LogP contribution in [0.5, 0.6) is 5.75 Å². The van der Waals surface area contributed by atoms with Gasteiger partial charge in [0.15, 0.2) is 5.78 Å². The van der Waals surface area contributed by atoms with Gasteiger partial charge in [0.25, 0.3) is 0 Å². The fraction of sp³-hybridized carbons (Fsp3) is 0.562. The molecule has 0 amide bonds. The maximum absolute atomic E-state index is 12.1. The Morgan fingerprint density at radius 1 is 1.21 bits per heavy atom. The summed E-state index contributed by atoms with van der Waals surface area (Å²) in [6.07, 6.45) is 0.733. The zero-order valence-electron chi connectivity index (χ0n) is 12.4. The Hall–Kier alpha value is -1.35. The first-order valence-electron chi connectivity index (χ1n) is 7.07. The lowest BCUT2D eigenvalue weighted by Gasteiger charge is -2.19. The first-order chi connectivity index (χ1) is 9.08. The van der Waals surface area contributed by atoms with E-state index in [0.717, 1.165) is 24.3 Å². The van der Waals surface area contributed by atoms with E-state index in [1.54, 1.807) is 0 Å². The molecule has 0 aliphatic carbocycles. The maximum Gasteiger partial charge on any atom is 0.152 e. The molecule has 1 aromatic rings. The molecule has 1 rings (SSSR count). The van der Waals surface area contributed by atoms with Crippen molar-refractivity contribution in [1.29, 1.82) is 0 Å². The van der Waals surface area contributed by atoms with Crippen LogP contribution in [0, 0.1) is 5.92 Å². The minimum atomic E-state index is -0.0945. The molecule has 1 aromatic carbocycles. The fourth-order valence-electron chi connectivity index (χ4n) is 2.05. The summed E-state index contributed by atoms with van der Waals surface area (Å²) in [5, 5.41) is 3.27. The van der Waals surface area contributed by atoms with Gasteiger partial charge in [0.1, 0.15) is 5.75 Å². The summed E-state index contributed by atoms with van der Waals surface area (Å²) in [6.45, 7) is 9.37. The van der Waals surface area contributed by atoms with E-state index in [1.807, 2.05) is 52.0 Å². The zero-order valence-corrected chi connectivity index (χ0v) is 12.4. The Labute approximate surface area is 116 Å². The van der Waals surface area contributed by atoms with E-state index < -0.39 is 0 Å². The summed E-state index contributed by atoms with van der Waals surface area (Å²) < 4.78 is 5.42. The summed E-state index contributed by atoms with van der Waals surface area (Å²) in [4.78, 5) is 12.1. The molecule has 0 bridgehead atoms. The van der Waals surface area contributed by atoms with E-state index in [1.165, 1.54) is 0 Å². The molecule has 0 saturated heterocycles. The molecule has 0 aliphatic rings. The average molecular weight is 263 g/mol. The zero-order chi connectivity index (χ0) is 14.3. The number of hydrogen-bond donors (Lipinski definition) is 1. The van der Waals surface area contributed by atoms with Crippen molar-refractivity contribution >= 4 is 5.78 Å². The Morgan fingerprint density at radius 2 is 1.84 bits per heavy atom. The second-order valence-electron chi connectivity index (χ2n) is 4.95. The van der Waals surface area contributed by atoms with Crippen molar-refractivity contribution in [2.45, 2.75) is 40.2 Å². The van der Waals surface area contributed by atoms with Gasteiger partial charge in [0.2, 0.25) is 0 Å². The molecular formula is C16H25NO2. The van der Waals surface area contributed by atoms with Gasteiger partial charge in [0.05, 0.1) is 12.6 Å². The van der Waals surface area contributed by atoms with Crippen molar-refractivity contribution in [3.05, 3.63) is 29.8 Å². The number of ketones is 1. The molecule has 0 radical (unpaired) electrons. The SMILES string of the molecule is CCNC(Cc1ccc(OCC)cc1)C(=O)C(C)C. The van der Waals surface area contributed by atoms with Gasteiger partial charge in [-0.15, -0.1) is 0 Å². The van der Waals surface area contributed by atoms with Crippen LogP contribution in [0.3, 0.4) is 0 Å². The standard InChI is InChI=1S/C16H25NO2/c1-5-17-15(16(18)12(3)4)11-13-7-9-14(10-8-13)19-6-2/h7-10,12,15,17H,5-6,11H2,1-4H3. The monoisotopic (exact) mass is 263 g/mol. The van der Waals surface area contributed by atoms with E-state index in [0.29, 0.717) is 6.61 Å². The van der Waals surface area contributed by atoms with Crippen LogP contribution in [0.4, 0.5) is 0 Å². The smallest absolute Gasteiger partial charge is 0.152 e. The van der Waals surface area contributed by atoms with Gasteiger partial charge in [-0.3, -0.25) is 4.79 Å². The number of rotatable bonds is 8. The Bertz CT molecular complexity index is 384. The van der Waals surface area contributed by atoms with Crippen LogP contribution < -0.4 is 10.1 Å². The van der Waals surface area contributed by atoms with Crippen molar-refractivity contribution in [3.63, 3.8) is 0 Å². The topological polar surface area (TPSA) is 38.3 Å². The fourth-order valence-corrected chi connectivity index (χ4v) is 2.05. The number of carbonyl (C=O) groups excluding carboxylic acids is 1. The van der Waals surface area contributed by atoms with Gasteiger partial charge >= 0.3 is 0 Å². The lowest BCUT2D eigenvalue weighted by atomic mass is 9.95. The third-order valence-electron chi connectivity index (χ3n) is 3.04. The van der Waals surface area contributed by atoms with Crippen molar-refractivity contribution < 1.29 is 9.53 Å². The molecule has 3 nitrogen and oxygen atoms in total. The largest absolute Gasteiger partial charge is 0.494 e. The van der Waals surface area contributed by atoms with Crippen molar-refractivity contribution in [2.75, 3.05) is 13.2 Å². The van der Waals surface area contributed by atoms with Crippen LogP contribution in [-0.4, -0.2) is 25.0 Å². The molecule has 1 atom stereocenters. The normalized spacial score (nSPS) is 12.5. The minimum Gasteiger partial charge on any atom is -0.494 e. The summed E-state index contributed by atoms with van der Waals surface area (Å²) in [6, 6.07) is 7.89. The summed E-state index contributed by atoms with van der Waals surface area (Å²) in [5.41, 5.74) is 1.16. The molecule has 0 aromatic heterocycles. The van der Waals surface area contributed by atoms with Gasteiger partial charge in [0, 0.05) is 5.92 Å². The number of benzene rings is 1. The molecule has 0 saturated carbocycles. The van der Waals surface area contributed by atoms with Gasteiger partial charge in [-0.25, -0.2) is 0 Å². The number of carbonyl (C=O) groups is 1. The lowest BCUT2D eigenvalue weighted by Crippen LogP contribution is -2.40. The highest BCUT2D eigenvalue weighted by atomic mass is 16.5.